The number of hydrogen-bond acceptors (Lipinski definition) is 4. The number of nitrogens with zero attached hydrogens (tertiary/aromatic N) is 3. The molecule has 4 heteroatoms. The van der Waals surface area contributed by atoms with Gasteiger partial charge in [0.2, 0.25) is 0 Å². The van der Waals surface area contributed by atoms with Gasteiger partial charge in [-0.1, -0.05) is 20.3 Å². The van der Waals surface area contributed by atoms with Crippen LogP contribution in [0.4, 0.5) is 5.82 Å². The molecule has 0 spiro atoms. The predicted octanol–water partition coefficient (Wildman–Crippen LogP) is 2.60. The van der Waals surface area contributed by atoms with Crippen molar-refractivity contribution in [2.75, 3.05) is 24.5 Å². The van der Waals surface area contributed by atoms with Crippen LogP contribution < -0.4 is 10.2 Å². The first kappa shape index (κ1) is 14.3. The minimum Gasteiger partial charge on any atom is -0.355 e. The molecule has 1 aliphatic rings. The summed E-state index contributed by atoms with van der Waals surface area (Å²) in [5, 5.41) is 12.0. The zero-order valence-electron chi connectivity index (χ0n) is 12.2. The molecule has 1 aromatic heterocycles. The largest absolute Gasteiger partial charge is 0.355 e. The predicted molar refractivity (Wildman–Crippen MR) is 79.3 cm³/mol. The molecule has 1 N–H and O–H groups in total. The fraction of sp³-hybridized carbons (Fsp3) is 0.733. The monoisotopic (exact) mass is 262 g/mol. The minimum atomic E-state index is 0.818. The van der Waals surface area contributed by atoms with E-state index >= 15 is 0 Å². The fourth-order valence-electron chi connectivity index (χ4n) is 2.58. The van der Waals surface area contributed by atoms with Crippen molar-refractivity contribution in [3.8, 4) is 0 Å². The van der Waals surface area contributed by atoms with Crippen molar-refractivity contribution in [1.29, 1.82) is 0 Å². The molecule has 0 radical (unpaired) electrons. The minimum absolute atomic E-state index is 0.818. The summed E-state index contributed by atoms with van der Waals surface area (Å²) in [6.45, 7) is 8.56. The molecule has 2 rings (SSSR count). The average molecular weight is 262 g/mol. The normalized spacial score (nSPS) is 16.8. The Bertz CT molecular complexity index is 355. The average Bonchev–Trinajstić information content (AvgIpc) is 2.48. The van der Waals surface area contributed by atoms with Gasteiger partial charge in [-0.15, -0.1) is 5.10 Å². The van der Waals surface area contributed by atoms with Crippen LogP contribution in [0.3, 0.4) is 0 Å². The van der Waals surface area contributed by atoms with Gasteiger partial charge in [-0.25, -0.2) is 0 Å². The molecule has 0 saturated carbocycles. The van der Waals surface area contributed by atoms with Crippen molar-refractivity contribution in [2.24, 2.45) is 5.92 Å². The maximum absolute atomic E-state index is 4.37. The van der Waals surface area contributed by atoms with Crippen LogP contribution in [0.2, 0.25) is 0 Å². The molecule has 0 aliphatic carbocycles. The van der Waals surface area contributed by atoms with E-state index in [-0.39, 0.29) is 0 Å². The summed E-state index contributed by atoms with van der Waals surface area (Å²) >= 11 is 0. The van der Waals surface area contributed by atoms with E-state index in [9.17, 15) is 0 Å². The maximum Gasteiger partial charge on any atom is 0.151 e. The number of piperidine rings is 1. The van der Waals surface area contributed by atoms with E-state index in [1.165, 1.54) is 19.3 Å². The molecule has 4 nitrogen and oxygen atoms in total. The molecule has 1 aromatic rings. The smallest absolute Gasteiger partial charge is 0.151 e. The van der Waals surface area contributed by atoms with Gasteiger partial charge in [0.25, 0.3) is 0 Å². The third kappa shape index (κ3) is 4.16. The molecule has 1 aliphatic heterocycles. The number of anilines is 1. The quantitative estimate of drug-likeness (QED) is 0.800. The highest BCUT2D eigenvalue weighted by molar-refractivity contribution is 5.37. The second kappa shape index (κ2) is 7.43. The van der Waals surface area contributed by atoms with Gasteiger partial charge in [-0.2, -0.15) is 5.10 Å². The molecule has 0 unspecified atom stereocenters. The lowest BCUT2D eigenvalue weighted by molar-refractivity contribution is 0.393. The van der Waals surface area contributed by atoms with Crippen LogP contribution in [0.5, 0.6) is 0 Å². The SMILES string of the molecule is CCCNCc1ccc(N2CCC(CC)CC2)nn1. The van der Waals surface area contributed by atoms with E-state index in [2.05, 4.69) is 46.4 Å². The number of rotatable bonds is 6. The van der Waals surface area contributed by atoms with E-state index in [0.29, 0.717) is 0 Å². The Morgan fingerprint density at radius 3 is 2.58 bits per heavy atom. The van der Waals surface area contributed by atoms with Crippen molar-refractivity contribution in [3.05, 3.63) is 17.8 Å². The molecule has 0 amide bonds. The van der Waals surface area contributed by atoms with Gasteiger partial charge in [0.05, 0.1) is 5.69 Å². The van der Waals surface area contributed by atoms with Crippen molar-refractivity contribution < 1.29 is 0 Å². The van der Waals surface area contributed by atoms with Gasteiger partial charge >= 0.3 is 0 Å². The summed E-state index contributed by atoms with van der Waals surface area (Å²) in [5.74, 6) is 1.94. The summed E-state index contributed by atoms with van der Waals surface area (Å²) in [6, 6.07) is 4.21. The van der Waals surface area contributed by atoms with Crippen LogP contribution in [-0.4, -0.2) is 29.8 Å². The zero-order valence-corrected chi connectivity index (χ0v) is 12.2. The number of aromatic nitrogens is 2. The Morgan fingerprint density at radius 2 is 2.00 bits per heavy atom. The summed E-state index contributed by atoms with van der Waals surface area (Å²) in [5.41, 5.74) is 1.03. The van der Waals surface area contributed by atoms with Crippen molar-refractivity contribution in [2.45, 2.75) is 46.1 Å². The first-order valence-electron chi connectivity index (χ1n) is 7.61. The number of nitrogens with one attached hydrogen (secondary N) is 1. The zero-order chi connectivity index (χ0) is 13.5. The number of hydrogen-bond donors (Lipinski definition) is 1. The van der Waals surface area contributed by atoms with E-state index in [4.69, 9.17) is 0 Å². The summed E-state index contributed by atoms with van der Waals surface area (Å²) in [6.07, 6.45) is 5.04. The van der Waals surface area contributed by atoms with Gasteiger partial charge in [0, 0.05) is 19.6 Å². The molecule has 0 bridgehead atoms. The molecule has 2 heterocycles. The van der Waals surface area contributed by atoms with Crippen LogP contribution in [0, 0.1) is 5.92 Å². The summed E-state index contributed by atoms with van der Waals surface area (Å²) in [4.78, 5) is 2.36. The van der Waals surface area contributed by atoms with Crippen LogP contribution in [0.25, 0.3) is 0 Å². The van der Waals surface area contributed by atoms with E-state index in [1.807, 2.05) is 0 Å². The Morgan fingerprint density at radius 1 is 1.21 bits per heavy atom. The molecule has 106 valence electrons. The molecule has 0 atom stereocenters. The highest BCUT2D eigenvalue weighted by Gasteiger charge is 2.18. The summed E-state index contributed by atoms with van der Waals surface area (Å²) in [7, 11) is 0. The highest BCUT2D eigenvalue weighted by atomic mass is 15.3. The van der Waals surface area contributed by atoms with E-state index in [1.54, 1.807) is 0 Å². The molecule has 1 fully saturated rings. The maximum atomic E-state index is 4.37. The van der Waals surface area contributed by atoms with Gasteiger partial charge < -0.3 is 10.2 Å². The Hall–Kier alpha value is -1.16. The van der Waals surface area contributed by atoms with Crippen LogP contribution in [0.15, 0.2) is 12.1 Å². The van der Waals surface area contributed by atoms with Gasteiger partial charge in [0.15, 0.2) is 5.82 Å². The molecular formula is C15H26N4. The standard InChI is InChI=1S/C15H26N4/c1-3-9-16-12-14-5-6-15(18-17-14)19-10-7-13(4-2)8-11-19/h5-6,13,16H,3-4,7-12H2,1-2H3. The topological polar surface area (TPSA) is 41.0 Å². The lowest BCUT2D eigenvalue weighted by atomic mass is 9.94. The molecule has 0 aromatic carbocycles. The Kier molecular flexibility index (Phi) is 5.58. The Labute approximate surface area is 116 Å². The van der Waals surface area contributed by atoms with E-state index in [0.717, 1.165) is 50.0 Å². The first-order valence-corrected chi connectivity index (χ1v) is 7.61. The fourth-order valence-corrected chi connectivity index (χ4v) is 2.58. The van der Waals surface area contributed by atoms with Gasteiger partial charge in [-0.3, -0.25) is 0 Å². The van der Waals surface area contributed by atoms with Crippen molar-refractivity contribution in [1.82, 2.24) is 15.5 Å². The Balaban J connectivity index is 1.84. The summed E-state index contributed by atoms with van der Waals surface area (Å²) < 4.78 is 0. The van der Waals surface area contributed by atoms with Crippen LogP contribution >= 0.6 is 0 Å². The van der Waals surface area contributed by atoms with Crippen molar-refractivity contribution in [3.63, 3.8) is 0 Å². The van der Waals surface area contributed by atoms with Gasteiger partial charge in [-0.05, 0) is 43.9 Å². The lowest BCUT2D eigenvalue weighted by Crippen LogP contribution is -2.34. The highest BCUT2D eigenvalue weighted by Crippen LogP contribution is 2.23. The van der Waals surface area contributed by atoms with Crippen LogP contribution in [0.1, 0.15) is 45.2 Å². The first-order chi connectivity index (χ1) is 9.33. The second-order valence-corrected chi connectivity index (χ2v) is 5.40. The molecule has 1 saturated heterocycles. The molecular weight excluding hydrogens is 236 g/mol. The second-order valence-electron chi connectivity index (χ2n) is 5.40. The van der Waals surface area contributed by atoms with Crippen LogP contribution in [-0.2, 0) is 6.54 Å². The lowest BCUT2D eigenvalue weighted by Gasteiger charge is -2.32. The molecule has 19 heavy (non-hydrogen) atoms. The third-order valence-electron chi connectivity index (χ3n) is 3.95. The van der Waals surface area contributed by atoms with Crippen molar-refractivity contribution >= 4 is 5.82 Å². The van der Waals surface area contributed by atoms with Gasteiger partial charge in [0.1, 0.15) is 0 Å². The third-order valence-corrected chi connectivity index (χ3v) is 3.95. The van der Waals surface area contributed by atoms with E-state index < -0.39 is 0 Å².